The van der Waals surface area contributed by atoms with Crippen LogP contribution in [0.25, 0.3) is 10.9 Å². The molecule has 1 aromatic heterocycles. The number of fused-ring (bicyclic) bond motifs is 1. The fourth-order valence-electron chi connectivity index (χ4n) is 3.44. The number of aromatic nitrogens is 2. The van der Waals surface area contributed by atoms with Crippen molar-refractivity contribution in [2.45, 2.75) is 32.5 Å². The fourth-order valence-corrected chi connectivity index (χ4v) is 3.44. The molecule has 0 amide bonds. The smallest absolute Gasteiger partial charge is 0.277 e. The van der Waals surface area contributed by atoms with E-state index >= 15 is 0 Å². The van der Waals surface area contributed by atoms with E-state index in [1.165, 1.54) is 12.1 Å². The molecule has 0 aliphatic heterocycles. The maximum absolute atomic E-state index is 14.0. The molecule has 1 heterocycles. The molecule has 0 aliphatic carbocycles. The lowest BCUT2D eigenvalue weighted by Gasteiger charge is -2.25. The number of rotatable bonds is 5. The number of allylic oxidation sites excluding steroid dienone is 3. The lowest BCUT2D eigenvalue weighted by atomic mass is 9.98. The Morgan fingerprint density at radius 3 is 2.53 bits per heavy atom. The highest BCUT2D eigenvalue weighted by molar-refractivity contribution is 5.78. The molecule has 0 bridgehead atoms. The Balaban J connectivity index is 2.45. The Kier molecular flexibility index (Phi) is 6.09. The van der Waals surface area contributed by atoms with Gasteiger partial charge in [0, 0.05) is 0 Å². The second-order valence-corrected chi connectivity index (χ2v) is 6.91. The summed E-state index contributed by atoms with van der Waals surface area (Å²) >= 11 is 0. The Bertz CT molecular complexity index is 1200. The van der Waals surface area contributed by atoms with Gasteiger partial charge in [-0.05, 0) is 48.3 Å². The van der Waals surface area contributed by atoms with Crippen LogP contribution in [-0.4, -0.2) is 9.55 Å². The highest BCUT2D eigenvalue weighted by Gasteiger charge is 2.39. The molecule has 0 fully saturated rings. The van der Waals surface area contributed by atoms with E-state index in [9.17, 15) is 18.0 Å². The molecule has 0 saturated heterocycles. The first-order chi connectivity index (χ1) is 14.3. The highest BCUT2D eigenvalue weighted by Crippen LogP contribution is 2.34. The van der Waals surface area contributed by atoms with Crippen molar-refractivity contribution in [1.29, 1.82) is 0 Å². The molecule has 0 N–H and O–H groups in total. The molecule has 6 heteroatoms. The van der Waals surface area contributed by atoms with Gasteiger partial charge in [0.15, 0.2) is 0 Å². The number of nitrogens with zero attached hydrogens (tertiary/aromatic N) is 2. The predicted molar refractivity (Wildman–Crippen MR) is 112 cm³/mol. The summed E-state index contributed by atoms with van der Waals surface area (Å²) in [6.45, 7) is 7.07. The summed E-state index contributed by atoms with van der Waals surface area (Å²) in [7, 11) is 0. The molecule has 1 unspecified atom stereocenters. The lowest BCUT2D eigenvalue weighted by molar-refractivity contribution is -0.148. The number of benzene rings is 2. The molecule has 0 saturated carbocycles. The third-order valence-corrected chi connectivity index (χ3v) is 4.90. The molecule has 3 aromatic rings. The Morgan fingerprint density at radius 2 is 1.93 bits per heavy atom. The van der Waals surface area contributed by atoms with E-state index in [1.54, 1.807) is 55.5 Å². The Labute approximate surface area is 172 Å². The van der Waals surface area contributed by atoms with Crippen LogP contribution in [0.1, 0.15) is 36.8 Å². The monoisotopic (exact) mass is 410 g/mol. The quantitative estimate of drug-likeness (QED) is 0.390. The van der Waals surface area contributed by atoms with E-state index in [4.69, 9.17) is 0 Å². The predicted octanol–water partition coefficient (Wildman–Crippen LogP) is 5.85. The van der Waals surface area contributed by atoms with Crippen LogP contribution in [0.3, 0.4) is 0 Å². The van der Waals surface area contributed by atoms with Gasteiger partial charge < -0.3 is 0 Å². The van der Waals surface area contributed by atoms with Gasteiger partial charge in [0.05, 0.1) is 16.9 Å². The topological polar surface area (TPSA) is 34.9 Å². The van der Waals surface area contributed by atoms with Gasteiger partial charge >= 0.3 is 6.18 Å². The Morgan fingerprint density at radius 1 is 1.23 bits per heavy atom. The van der Waals surface area contributed by atoms with Crippen molar-refractivity contribution in [3.05, 3.63) is 106 Å². The molecular formula is C24H21F3N2O. The van der Waals surface area contributed by atoms with Crippen LogP contribution in [0.15, 0.2) is 83.4 Å². The zero-order valence-electron chi connectivity index (χ0n) is 16.7. The SMILES string of the molecule is C=C=C/C=C(\C)C(c1ccccc1)n1c(C(F)(F)F)nc2ccc(CC)cc2c1=O. The molecule has 154 valence electrons. The van der Waals surface area contributed by atoms with Crippen molar-refractivity contribution in [2.75, 3.05) is 0 Å². The summed E-state index contributed by atoms with van der Waals surface area (Å²) in [6.07, 6.45) is -1.04. The second-order valence-electron chi connectivity index (χ2n) is 6.91. The fraction of sp³-hybridized carbons (Fsp3) is 0.208. The second kappa shape index (κ2) is 8.56. The molecule has 3 nitrogen and oxygen atoms in total. The Hall–Kier alpha value is -3.37. The number of aryl methyl sites for hydroxylation is 1. The molecule has 0 aliphatic rings. The van der Waals surface area contributed by atoms with Gasteiger partial charge in [-0.2, -0.15) is 13.2 Å². The first kappa shape index (κ1) is 21.3. The standard InChI is InChI=1S/C24H21F3N2O/c1-4-6-10-16(3)21(18-11-8-7-9-12-18)29-22(30)19-15-17(5-2)13-14-20(19)28-23(29)24(25,26)27/h6-15,21H,1,5H2,2-3H3/b16-10+. The van der Waals surface area contributed by atoms with Gasteiger partial charge in [-0.1, -0.05) is 56.0 Å². The van der Waals surface area contributed by atoms with Crippen molar-refractivity contribution in [3.63, 3.8) is 0 Å². The zero-order valence-corrected chi connectivity index (χ0v) is 16.7. The minimum atomic E-state index is -4.81. The van der Waals surface area contributed by atoms with Crippen LogP contribution in [0.5, 0.6) is 0 Å². The van der Waals surface area contributed by atoms with Crippen LogP contribution in [0, 0.1) is 0 Å². The summed E-state index contributed by atoms with van der Waals surface area (Å²) in [5.41, 5.74) is 3.81. The van der Waals surface area contributed by atoms with Crippen LogP contribution >= 0.6 is 0 Å². The lowest BCUT2D eigenvalue weighted by Crippen LogP contribution is -2.34. The summed E-state index contributed by atoms with van der Waals surface area (Å²) in [4.78, 5) is 17.3. The van der Waals surface area contributed by atoms with E-state index in [1.807, 2.05) is 6.92 Å². The van der Waals surface area contributed by atoms with Gasteiger partial charge in [0.1, 0.15) is 0 Å². The van der Waals surface area contributed by atoms with Crippen LogP contribution in [-0.2, 0) is 12.6 Å². The maximum atomic E-state index is 14.0. The largest absolute Gasteiger partial charge is 0.449 e. The van der Waals surface area contributed by atoms with Gasteiger partial charge in [-0.15, -0.1) is 5.73 Å². The summed E-state index contributed by atoms with van der Waals surface area (Å²) in [6, 6.07) is 12.4. The summed E-state index contributed by atoms with van der Waals surface area (Å²) in [5.74, 6) is -1.23. The van der Waals surface area contributed by atoms with Crippen molar-refractivity contribution in [3.8, 4) is 0 Å². The van der Waals surface area contributed by atoms with Crippen LogP contribution in [0.2, 0.25) is 0 Å². The van der Waals surface area contributed by atoms with Gasteiger partial charge in [-0.3, -0.25) is 9.36 Å². The van der Waals surface area contributed by atoms with Crippen molar-refractivity contribution < 1.29 is 13.2 Å². The zero-order chi connectivity index (χ0) is 21.9. The minimum Gasteiger partial charge on any atom is -0.277 e. The molecular weight excluding hydrogens is 389 g/mol. The first-order valence-corrected chi connectivity index (χ1v) is 9.47. The molecule has 30 heavy (non-hydrogen) atoms. The van der Waals surface area contributed by atoms with Gasteiger partial charge in [-0.25, -0.2) is 4.98 Å². The normalized spacial score (nSPS) is 13.2. The van der Waals surface area contributed by atoms with Gasteiger partial charge in [0.2, 0.25) is 5.82 Å². The van der Waals surface area contributed by atoms with Gasteiger partial charge in [0.25, 0.3) is 5.56 Å². The van der Waals surface area contributed by atoms with Crippen molar-refractivity contribution in [1.82, 2.24) is 9.55 Å². The number of halogens is 3. The van der Waals surface area contributed by atoms with E-state index in [-0.39, 0.29) is 10.9 Å². The van der Waals surface area contributed by atoms with Crippen molar-refractivity contribution >= 4 is 10.9 Å². The molecule has 0 radical (unpaired) electrons. The molecule has 2 aromatic carbocycles. The summed E-state index contributed by atoms with van der Waals surface area (Å²) < 4.78 is 42.8. The van der Waals surface area contributed by atoms with Crippen LogP contribution in [0.4, 0.5) is 13.2 Å². The number of hydrogen-bond donors (Lipinski definition) is 0. The third-order valence-electron chi connectivity index (χ3n) is 4.90. The molecule has 3 rings (SSSR count). The third kappa shape index (κ3) is 4.14. The van der Waals surface area contributed by atoms with Crippen LogP contribution < -0.4 is 5.56 Å². The number of alkyl halides is 3. The average molecular weight is 410 g/mol. The maximum Gasteiger partial charge on any atom is 0.449 e. The highest BCUT2D eigenvalue weighted by atomic mass is 19.4. The molecule has 0 spiro atoms. The summed E-state index contributed by atoms with van der Waals surface area (Å²) in [5, 5.41) is 0.162. The number of hydrogen-bond acceptors (Lipinski definition) is 2. The average Bonchev–Trinajstić information content (AvgIpc) is 2.73. The van der Waals surface area contributed by atoms with E-state index < -0.39 is 23.6 Å². The first-order valence-electron chi connectivity index (χ1n) is 9.47. The van der Waals surface area contributed by atoms with E-state index in [0.717, 1.165) is 10.1 Å². The molecule has 1 atom stereocenters. The minimum absolute atomic E-state index is 0.0280. The van der Waals surface area contributed by atoms with E-state index in [0.29, 0.717) is 17.6 Å². The van der Waals surface area contributed by atoms with E-state index in [2.05, 4.69) is 17.3 Å². The van der Waals surface area contributed by atoms with Crippen molar-refractivity contribution in [2.24, 2.45) is 0 Å².